The average Bonchev–Trinajstić information content (AvgIpc) is 3.02. The van der Waals surface area contributed by atoms with E-state index in [2.05, 4.69) is 93.3 Å². The van der Waals surface area contributed by atoms with Gasteiger partial charge in [-0.25, -0.2) is 10.2 Å². The van der Waals surface area contributed by atoms with Gasteiger partial charge in [-0.15, -0.1) is 0 Å². The van der Waals surface area contributed by atoms with Gasteiger partial charge in [-0.1, -0.05) is 137 Å². The fourth-order valence-corrected chi connectivity index (χ4v) is 7.18. The Morgan fingerprint density at radius 3 is 1.81 bits per heavy atom. The standard InChI is InChI=1S/C38H45N2O2P/c1-29(34-20-21-35-36(25-34)38(4,5)23-22-37(35,2)3)24-30-16-18-33(19-17-30)28-42-43(41,39-26-31-12-8-6-9-13-31)40-27-32-14-10-7-11-15-32/h6-21,24-25H,22-23,26-28H2,1-5H3,(H2,39,40,41)/b29-24+. The second-order valence-corrected chi connectivity index (χ2v) is 15.1. The third-order valence-corrected chi connectivity index (χ3v) is 10.4. The first-order valence-corrected chi connectivity index (χ1v) is 16.9. The van der Waals surface area contributed by atoms with Gasteiger partial charge >= 0.3 is 7.67 Å². The van der Waals surface area contributed by atoms with Gasteiger partial charge in [0, 0.05) is 13.1 Å². The van der Waals surface area contributed by atoms with Gasteiger partial charge in [0.05, 0.1) is 6.61 Å². The van der Waals surface area contributed by atoms with Crippen LogP contribution in [0.4, 0.5) is 0 Å². The van der Waals surface area contributed by atoms with Crippen LogP contribution >= 0.6 is 7.67 Å². The molecule has 0 radical (unpaired) electrons. The lowest BCUT2D eigenvalue weighted by atomic mass is 9.63. The first-order valence-electron chi connectivity index (χ1n) is 15.3. The SMILES string of the molecule is C/C(=C\c1ccc(COP(=O)(NCc2ccccc2)NCc2ccccc2)cc1)c1ccc2c(c1)C(C)(C)CCC2(C)C. The quantitative estimate of drug-likeness (QED) is 0.134. The Morgan fingerprint density at radius 2 is 1.26 bits per heavy atom. The van der Waals surface area contributed by atoms with Crippen molar-refractivity contribution in [3.63, 3.8) is 0 Å². The molecule has 0 spiro atoms. The van der Waals surface area contributed by atoms with E-state index in [1.165, 1.54) is 35.1 Å². The summed E-state index contributed by atoms with van der Waals surface area (Å²) in [5.41, 5.74) is 10.1. The minimum atomic E-state index is -3.33. The van der Waals surface area contributed by atoms with Crippen LogP contribution in [0.3, 0.4) is 0 Å². The Balaban J connectivity index is 1.26. The zero-order valence-corrected chi connectivity index (χ0v) is 27.1. The molecular formula is C38H45N2O2P. The largest absolute Gasteiger partial charge is 0.341 e. The lowest BCUT2D eigenvalue weighted by Gasteiger charge is -2.42. The van der Waals surface area contributed by atoms with Crippen molar-refractivity contribution in [1.29, 1.82) is 0 Å². The molecular weight excluding hydrogens is 547 g/mol. The van der Waals surface area contributed by atoms with E-state index < -0.39 is 7.67 Å². The first kappa shape index (κ1) is 31.2. The summed E-state index contributed by atoms with van der Waals surface area (Å²) in [4.78, 5) is 0. The molecule has 0 amide bonds. The Morgan fingerprint density at radius 1 is 0.721 bits per heavy atom. The predicted octanol–water partition coefficient (Wildman–Crippen LogP) is 9.80. The van der Waals surface area contributed by atoms with Gasteiger partial charge in [0.1, 0.15) is 0 Å². The Kier molecular flexibility index (Phi) is 9.54. The fourth-order valence-electron chi connectivity index (χ4n) is 5.77. The number of fused-ring (bicyclic) bond motifs is 1. The van der Waals surface area contributed by atoms with Crippen molar-refractivity contribution in [3.05, 3.63) is 142 Å². The van der Waals surface area contributed by atoms with E-state index in [4.69, 9.17) is 4.52 Å². The number of hydrogen-bond acceptors (Lipinski definition) is 2. The molecule has 1 aliphatic carbocycles. The van der Waals surface area contributed by atoms with Gasteiger partial charge in [-0.2, -0.15) is 0 Å². The van der Waals surface area contributed by atoms with E-state index in [-0.39, 0.29) is 17.4 Å². The molecule has 0 saturated heterocycles. The van der Waals surface area contributed by atoms with Crippen LogP contribution in [0.5, 0.6) is 0 Å². The van der Waals surface area contributed by atoms with Gasteiger partial charge in [0.2, 0.25) is 0 Å². The molecule has 0 aromatic heterocycles. The molecule has 0 fully saturated rings. The summed E-state index contributed by atoms with van der Waals surface area (Å²) < 4.78 is 19.9. The summed E-state index contributed by atoms with van der Waals surface area (Å²) in [5, 5.41) is 6.31. The Bertz CT molecular complexity index is 1550. The molecule has 2 N–H and O–H groups in total. The van der Waals surface area contributed by atoms with Crippen LogP contribution in [0.1, 0.15) is 86.4 Å². The van der Waals surface area contributed by atoms with Crippen molar-refractivity contribution >= 4 is 19.3 Å². The third-order valence-electron chi connectivity index (χ3n) is 8.75. The Hall–Kier alpha value is -3.27. The predicted molar refractivity (Wildman–Crippen MR) is 181 cm³/mol. The minimum Gasteiger partial charge on any atom is -0.301 e. The van der Waals surface area contributed by atoms with Gasteiger partial charge < -0.3 is 4.52 Å². The van der Waals surface area contributed by atoms with Crippen molar-refractivity contribution in [2.24, 2.45) is 0 Å². The molecule has 4 aromatic rings. The molecule has 5 rings (SSSR count). The number of hydrogen-bond donors (Lipinski definition) is 2. The monoisotopic (exact) mass is 592 g/mol. The van der Waals surface area contributed by atoms with Crippen LogP contribution in [0.15, 0.2) is 103 Å². The molecule has 0 unspecified atom stereocenters. The summed E-state index contributed by atoms with van der Waals surface area (Å²) in [7, 11) is -3.33. The molecule has 43 heavy (non-hydrogen) atoms. The van der Waals surface area contributed by atoms with Crippen molar-refractivity contribution in [2.75, 3.05) is 0 Å². The van der Waals surface area contributed by atoms with E-state index >= 15 is 0 Å². The highest BCUT2D eigenvalue weighted by Gasteiger charge is 2.37. The smallest absolute Gasteiger partial charge is 0.301 e. The zero-order chi connectivity index (χ0) is 30.5. The highest BCUT2D eigenvalue weighted by molar-refractivity contribution is 7.54. The summed E-state index contributed by atoms with van der Waals surface area (Å²) in [6.07, 6.45) is 4.67. The Labute approximate surface area is 258 Å². The summed E-state index contributed by atoms with van der Waals surface area (Å²) in [6.45, 7) is 12.8. The van der Waals surface area contributed by atoms with Crippen LogP contribution < -0.4 is 10.2 Å². The van der Waals surface area contributed by atoms with Gasteiger partial charge in [0.25, 0.3) is 0 Å². The normalized spacial score (nSPS) is 16.1. The summed E-state index contributed by atoms with van der Waals surface area (Å²) >= 11 is 0. The van der Waals surface area contributed by atoms with E-state index in [0.29, 0.717) is 13.1 Å². The molecule has 0 heterocycles. The van der Waals surface area contributed by atoms with E-state index in [1.807, 2.05) is 60.7 Å². The third kappa shape index (κ3) is 8.02. The number of benzene rings is 4. The van der Waals surface area contributed by atoms with Crippen LogP contribution in [-0.4, -0.2) is 0 Å². The van der Waals surface area contributed by atoms with Gasteiger partial charge in [0.15, 0.2) is 0 Å². The molecule has 5 heteroatoms. The number of allylic oxidation sites excluding steroid dienone is 1. The van der Waals surface area contributed by atoms with E-state index in [1.54, 1.807) is 0 Å². The summed E-state index contributed by atoms with van der Waals surface area (Å²) in [6, 6.07) is 35.2. The average molecular weight is 593 g/mol. The van der Waals surface area contributed by atoms with Gasteiger partial charge in [-0.3, -0.25) is 4.57 Å². The molecule has 224 valence electrons. The van der Waals surface area contributed by atoms with Crippen LogP contribution in [0, 0.1) is 0 Å². The number of rotatable bonds is 11. The van der Waals surface area contributed by atoms with Crippen molar-refractivity contribution in [3.8, 4) is 0 Å². The second-order valence-electron chi connectivity index (χ2n) is 13.1. The van der Waals surface area contributed by atoms with Crippen molar-refractivity contribution in [2.45, 2.75) is 78.0 Å². The molecule has 0 atom stereocenters. The highest BCUT2D eigenvalue weighted by Crippen LogP contribution is 2.46. The maximum Gasteiger partial charge on any atom is 0.341 e. The topological polar surface area (TPSA) is 50.4 Å². The maximum atomic E-state index is 13.8. The molecule has 0 aliphatic heterocycles. The van der Waals surface area contributed by atoms with Gasteiger partial charge in [-0.05, 0) is 75.1 Å². The molecule has 0 bridgehead atoms. The highest BCUT2D eigenvalue weighted by atomic mass is 31.2. The van der Waals surface area contributed by atoms with Crippen LogP contribution in [0.2, 0.25) is 0 Å². The molecule has 1 aliphatic rings. The second kappa shape index (κ2) is 13.2. The van der Waals surface area contributed by atoms with Crippen LogP contribution in [0.25, 0.3) is 11.6 Å². The number of nitrogens with one attached hydrogen (secondary N) is 2. The lowest BCUT2D eigenvalue weighted by Crippen LogP contribution is -2.33. The molecule has 4 nitrogen and oxygen atoms in total. The summed E-state index contributed by atoms with van der Waals surface area (Å²) in [5.74, 6) is 0. The lowest BCUT2D eigenvalue weighted by molar-refractivity contribution is 0.286. The molecule has 0 saturated carbocycles. The first-order chi connectivity index (χ1) is 20.5. The molecule has 4 aromatic carbocycles. The maximum absolute atomic E-state index is 13.8. The van der Waals surface area contributed by atoms with E-state index in [9.17, 15) is 4.57 Å². The van der Waals surface area contributed by atoms with Crippen molar-refractivity contribution in [1.82, 2.24) is 10.2 Å². The minimum absolute atomic E-state index is 0.189. The zero-order valence-electron chi connectivity index (χ0n) is 26.2. The fraction of sp³-hybridized carbons (Fsp3) is 0.316. The van der Waals surface area contributed by atoms with Crippen LogP contribution in [-0.2, 0) is 39.6 Å². The van der Waals surface area contributed by atoms with E-state index in [0.717, 1.165) is 22.3 Å². The van der Waals surface area contributed by atoms with Crippen molar-refractivity contribution < 1.29 is 9.09 Å².